The second kappa shape index (κ2) is 18.0. The number of methoxy groups -OCH3 is 2. The highest BCUT2D eigenvalue weighted by Crippen LogP contribution is 2.42. The van der Waals surface area contributed by atoms with Gasteiger partial charge in [0, 0.05) is 11.8 Å². The predicted molar refractivity (Wildman–Crippen MR) is 205 cm³/mol. The fraction of sp³-hybridized carbons (Fsp3) is 0.222. The lowest BCUT2D eigenvalue weighted by Gasteiger charge is -2.36. The minimum atomic E-state index is -1.02. The number of carboxylic acid groups (broad SMARTS) is 1. The fourth-order valence-electron chi connectivity index (χ4n) is 6.34. The molecule has 0 amide bonds. The van der Waals surface area contributed by atoms with Crippen molar-refractivity contribution >= 4 is 11.9 Å². The monoisotopic (exact) mass is 725 g/mol. The molecular formula is C45H43NO8. The van der Waals surface area contributed by atoms with Crippen LogP contribution in [-0.4, -0.2) is 49.5 Å². The molecule has 1 aliphatic carbocycles. The SMILES string of the molecule is COc1ccc(C(OCc2ccc(-c3ccc(OCC4=CCCC(COC(=O)CCC(=O)O)=C4)cc3)nc2)(c2ccccc2)c2ccc(OC)cc2)cc1. The molecule has 0 unspecified atom stereocenters. The summed E-state index contributed by atoms with van der Waals surface area (Å²) in [7, 11) is 3.31. The highest BCUT2D eigenvalue weighted by Gasteiger charge is 2.38. The van der Waals surface area contributed by atoms with E-state index < -0.39 is 17.5 Å². The van der Waals surface area contributed by atoms with Crippen LogP contribution in [0.3, 0.4) is 0 Å². The Hall–Kier alpha value is -6.19. The van der Waals surface area contributed by atoms with Crippen LogP contribution in [0.25, 0.3) is 11.3 Å². The summed E-state index contributed by atoms with van der Waals surface area (Å²) in [5, 5.41) is 8.75. The van der Waals surface area contributed by atoms with Crippen molar-refractivity contribution in [1.82, 2.24) is 4.98 Å². The van der Waals surface area contributed by atoms with Gasteiger partial charge < -0.3 is 28.8 Å². The smallest absolute Gasteiger partial charge is 0.306 e. The van der Waals surface area contributed by atoms with Gasteiger partial charge >= 0.3 is 11.9 Å². The van der Waals surface area contributed by atoms with Crippen LogP contribution in [0.5, 0.6) is 17.2 Å². The number of pyridine rings is 1. The number of ether oxygens (including phenoxy) is 5. The Kier molecular flexibility index (Phi) is 12.5. The largest absolute Gasteiger partial charge is 0.497 e. The molecule has 1 aliphatic rings. The van der Waals surface area contributed by atoms with Crippen molar-refractivity contribution in [3.8, 4) is 28.5 Å². The van der Waals surface area contributed by atoms with Gasteiger partial charge in [0.05, 0.1) is 39.4 Å². The zero-order valence-electron chi connectivity index (χ0n) is 30.4. The number of esters is 1. The van der Waals surface area contributed by atoms with Gasteiger partial charge in [0.1, 0.15) is 36.1 Å². The molecule has 6 rings (SSSR count). The first kappa shape index (κ1) is 37.6. The van der Waals surface area contributed by atoms with E-state index in [1.54, 1.807) is 14.2 Å². The van der Waals surface area contributed by atoms with E-state index in [2.05, 4.69) is 18.2 Å². The lowest BCUT2D eigenvalue weighted by atomic mass is 9.80. The van der Waals surface area contributed by atoms with Crippen LogP contribution < -0.4 is 14.2 Å². The van der Waals surface area contributed by atoms with Crippen molar-refractivity contribution in [2.45, 2.75) is 37.9 Å². The summed E-state index contributed by atoms with van der Waals surface area (Å²) < 4.78 is 29.3. The van der Waals surface area contributed by atoms with Crippen molar-refractivity contribution in [3.05, 3.63) is 167 Å². The van der Waals surface area contributed by atoms with Gasteiger partial charge in [0.15, 0.2) is 0 Å². The maximum Gasteiger partial charge on any atom is 0.306 e. The zero-order chi connectivity index (χ0) is 37.8. The number of carboxylic acids is 1. The van der Waals surface area contributed by atoms with Crippen LogP contribution in [0, 0.1) is 0 Å². The Morgan fingerprint density at radius 1 is 0.704 bits per heavy atom. The van der Waals surface area contributed by atoms with Crippen LogP contribution >= 0.6 is 0 Å². The third-order valence-corrected chi connectivity index (χ3v) is 9.23. The second-order valence-electron chi connectivity index (χ2n) is 12.8. The summed E-state index contributed by atoms with van der Waals surface area (Å²) >= 11 is 0. The topological polar surface area (TPSA) is 113 Å². The average Bonchev–Trinajstić information content (AvgIpc) is 3.23. The third-order valence-electron chi connectivity index (χ3n) is 9.23. The Morgan fingerprint density at radius 3 is 1.93 bits per heavy atom. The Balaban J connectivity index is 1.12. The van der Waals surface area contributed by atoms with Gasteiger partial charge in [-0.25, -0.2) is 0 Å². The molecule has 1 aromatic heterocycles. The van der Waals surface area contributed by atoms with E-state index in [-0.39, 0.29) is 19.4 Å². The first-order valence-corrected chi connectivity index (χ1v) is 17.8. The molecule has 9 heteroatoms. The van der Waals surface area contributed by atoms with Gasteiger partial charge in [0.25, 0.3) is 0 Å². The number of allylic oxidation sites excluding steroid dienone is 1. The standard InChI is InChI=1S/C45H43NO8/c1-50-39-20-14-37(15-21-39)45(36-9-4-3-5-10-36,38-16-22-40(51-2)23-17-38)54-31-34-11-24-42(46-28-34)35-12-18-41(19-13-35)52-29-32-7-6-8-33(27-32)30-53-44(49)26-25-43(47)48/h3-5,7,9-24,27-28H,6,8,25-26,29-31H2,1-2H3,(H,47,48). The minimum Gasteiger partial charge on any atom is -0.497 e. The first-order chi connectivity index (χ1) is 26.4. The highest BCUT2D eigenvalue weighted by molar-refractivity contribution is 5.76. The van der Waals surface area contributed by atoms with E-state index in [0.29, 0.717) is 13.2 Å². The van der Waals surface area contributed by atoms with E-state index in [1.165, 1.54) is 0 Å². The van der Waals surface area contributed by atoms with Crippen molar-refractivity contribution < 1.29 is 38.4 Å². The number of hydrogen-bond acceptors (Lipinski definition) is 8. The fourth-order valence-corrected chi connectivity index (χ4v) is 6.34. The number of benzene rings is 4. The molecule has 0 fully saturated rings. The summed E-state index contributed by atoms with van der Waals surface area (Å²) in [6.45, 7) is 0.827. The predicted octanol–water partition coefficient (Wildman–Crippen LogP) is 8.71. The molecule has 0 atom stereocenters. The van der Waals surface area contributed by atoms with Crippen LogP contribution in [0.4, 0.5) is 0 Å². The summed E-state index contributed by atoms with van der Waals surface area (Å²) in [6.07, 6.45) is 7.16. The van der Waals surface area contributed by atoms with Gasteiger partial charge in [-0.1, -0.05) is 72.8 Å². The molecule has 5 aromatic rings. The zero-order valence-corrected chi connectivity index (χ0v) is 30.4. The maximum atomic E-state index is 11.8. The average molecular weight is 726 g/mol. The molecular weight excluding hydrogens is 682 g/mol. The number of carbonyl (C=O) groups excluding carboxylic acids is 1. The Bertz CT molecular complexity index is 2010. The molecule has 276 valence electrons. The van der Waals surface area contributed by atoms with Crippen LogP contribution in [-0.2, 0) is 31.3 Å². The van der Waals surface area contributed by atoms with Crippen LogP contribution in [0.1, 0.15) is 47.9 Å². The van der Waals surface area contributed by atoms with Gasteiger partial charge in [-0.2, -0.15) is 0 Å². The van der Waals surface area contributed by atoms with Gasteiger partial charge in [0.2, 0.25) is 0 Å². The summed E-state index contributed by atoms with van der Waals surface area (Å²) in [6, 6.07) is 38.0. The maximum absolute atomic E-state index is 11.8. The van der Waals surface area contributed by atoms with E-state index in [0.717, 1.165) is 74.7 Å². The minimum absolute atomic E-state index is 0.134. The van der Waals surface area contributed by atoms with Crippen molar-refractivity contribution in [2.24, 2.45) is 0 Å². The number of aromatic nitrogens is 1. The molecule has 1 heterocycles. The number of carbonyl (C=O) groups is 2. The molecule has 1 N–H and O–H groups in total. The molecule has 0 radical (unpaired) electrons. The number of aliphatic carboxylic acids is 1. The van der Waals surface area contributed by atoms with E-state index >= 15 is 0 Å². The molecule has 0 aliphatic heterocycles. The molecule has 54 heavy (non-hydrogen) atoms. The molecule has 9 nitrogen and oxygen atoms in total. The molecule has 0 saturated heterocycles. The lowest BCUT2D eigenvalue weighted by molar-refractivity contribution is -0.147. The van der Waals surface area contributed by atoms with E-state index in [1.807, 2.05) is 115 Å². The Labute approximate surface area is 315 Å². The van der Waals surface area contributed by atoms with Crippen molar-refractivity contribution in [3.63, 3.8) is 0 Å². The number of nitrogens with zero attached hydrogens (tertiary/aromatic N) is 1. The second-order valence-corrected chi connectivity index (χ2v) is 12.8. The number of hydrogen-bond donors (Lipinski definition) is 1. The van der Waals surface area contributed by atoms with E-state index in [4.69, 9.17) is 33.8 Å². The van der Waals surface area contributed by atoms with Crippen molar-refractivity contribution in [1.29, 1.82) is 0 Å². The Morgan fingerprint density at radius 2 is 1.33 bits per heavy atom. The van der Waals surface area contributed by atoms with Crippen molar-refractivity contribution in [2.75, 3.05) is 27.4 Å². The lowest BCUT2D eigenvalue weighted by Crippen LogP contribution is -2.32. The molecule has 0 saturated carbocycles. The normalized spacial score (nSPS) is 12.6. The summed E-state index contributed by atoms with van der Waals surface area (Å²) in [5.41, 5.74) is 6.63. The van der Waals surface area contributed by atoms with Gasteiger partial charge in [-0.05, 0) is 101 Å². The number of rotatable bonds is 17. The van der Waals surface area contributed by atoms with Crippen LogP contribution in [0.2, 0.25) is 0 Å². The molecule has 0 bridgehead atoms. The van der Waals surface area contributed by atoms with Gasteiger partial charge in [-0.15, -0.1) is 0 Å². The quantitative estimate of drug-likeness (QED) is 0.0743. The first-order valence-electron chi connectivity index (χ1n) is 17.8. The van der Waals surface area contributed by atoms with Gasteiger partial charge in [-0.3, -0.25) is 14.6 Å². The third kappa shape index (κ3) is 9.42. The van der Waals surface area contributed by atoms with Crippen LogP contribution in [0.15, 0.2) is 145 Å². The summed E-state index contributed by atoms with van der Waals surface area (Å²) in [5.74, 6) is 0.713. The highest BCUT2D eigenvalue weighted by atomic mass is 16.5. The summed E-state index contributed by atoms with van der Waals surface area (Å²) in [4.78, 5) is 27.3. The van der Waals surface area contributed by atoms with E-state index in [9.17, 15) is 9.59 Å². The molecule has 0 spiro atoms. The molecule has 4 aromatic carbocycles.